The van der Waals surface area contributed by atoms with Crippen LogP contribution in [0.2, 0.25) is 0 Å². The maximum absolute atomic E-state index is 12.0. The van der Waals surface area contributed by atoms with E-state index in [0.29, 0.717) is 0 Å². The van der Waals surface area contributed by atoms with Gasteiger partial charge in [-0.3, -0.25) is 9.59 Å². The van der Waals surface area contributed by atoms with Gasteiger partial charge in [0.2, 0.25) is 6.29 Å². The minimum Gasteiger partial charge on any atom is -0.460 e. The normalized spacial score (nSPS) is 17.8. The highest BCUT2D eigenvalue weighted by Crippen LogP contribution is 2.28. The maximum Gasteiger partial charge on any atom is 0.315 e. The van der Waals surface area contributed by atoms with Crippen molar-refractivity contribution in [1.82, 2.24) is 0 Å². The number of carbonyl (C=O) groups is 2. The van der Waals surface area contributed by atoms with Gasteiger partial charge in [-0.25, -0.2) is 0 Å². The topological polar surface area (TPSA) is 77.7 Å². The van der Waals surface area contributed by atoms with Gasteiger partial charge in [0, 0.05) is 0 Å². The Morgan fingerprint density at radius 3 is 1.84 bits per heavy atom. The van der Waals surface area contributed by atoms with Crippen LogP contribution in [0.5, 0.6) is 0 Å². The zero-order valence-corrected chi connectivity index (χ0v) is 12.3. The van der Waals surface area contributed by atoms with Gasteiger partial charge in [0.05, 0.1) is 6.42 Å². The van der Waals surface area contributed by atoms with Gasteiger partial charge >= 0.3 is 11.9 Å². The highest BCUT2D eigenvalue weighted by Gasteiger charge is 2.45. The maximum atomic E-state index is 12.0. The second-order valence-electron chi connectivity index (χ2n) is 6.49. The van der Waals surface area contributed by atoms with Gasteiger partial charge in [-0.15, -0.1) is 0 Å². The van der Waals surface area contributed by atoms with Crippen LogP contribution in [0.25, 0.3) is 0 Å². The van der Waals surface area contributed by atoms with Crippen molar-refractivity contribution in [3.05, 3.63) is 0 Å². The van der Waals surface area contributed by atoms with E-state index in [0.717, 1.165) is 0 Å². The van der Waals surface area contributed by atoms with E-state index >= 15 is 0 Å². The highest BCUT2D eigenvalue weighted by atomic mass is 17.4. The molecule has 1 saturated heterocycles. The van der Waals surface area contributed by atoms with E-state index in [9.17, 15) is 9.59 Å². The van der Waals surface area contributed by atoms with Crippen LogP contribution < -0.4 is 0 Å². The summed E-state index contributed by atoms with van der Waals surface area (Å²) in [7, 11) is 0. The second kappa shape index (κ2) is 5.46. The fraction of sp³-hybridized carbons (Fsp3) is 0.846. The third-order valence-electron chi connectivity index (χ3n) is 2.05. The van der Waals surface area contributed by atoms with Gasteiger partial charge in [-0.2, -0.15) is 9.78 Å². The first kappa shape index (κ1) is 15.9. The molecule has 0 saturated carbocycles. The monoisotopic (exact) mass is 274 g/mol. The number of hydrogen-bond acceptors (Lipinski definition) is 6. The summed E-state index contributed by atoms with van der Waals surface area (Å²) >= 11 is 0. The minimum absolute atomic E-state index is 0.128. The molecule has 1 fully saturated rings. The predicted octanol–water partition coefficient (Wildman–Crippen LogP) is 1.96. The van der Waals surface area contributed by atoms with Gasteiger partial charge in [0.15, 0.2) is 0 Å². The Labute approximate surface area is 113 Å². The molecule has 0 spiro atoms. The number of esters is 2. The van der Waals surface area contributed by atoms with Crippen LogP contribution in [-0.2, 0) is 28.8 Å². The SMILES string of the molecule is CC(C)(C)OC(=O)CC(C(=O)OC(C)(C)C)C1OO1. The lowest BCUT2D eigenvalue weighted by molar-refractivity contribution is -0.168. The average molecular weight is 274 g/mol. The smallest absolute Gasteiger partial charge is 0.315 e. The van der Waals surface area contributed by atoms with Crippen molar-refractivity contribution >= 4 is 11.9 Å². The van der Waals surface area contributed by atoms with E-state index in [1.165, 1.54) is 0 Å². The number of carbonyl (C=O) groups excluding carboxylic acids is 2. The van der Waals surface area contributed by atoms with Gasteiger partial charge < -0.3 is 9.47 Å². The molecule has 6 heteroatoms. The Balaban J connectivity index is 2.59. The second-order valence-corrected chi connectivity index (χ2v) is 6.49. The first-order valence-electron chi connectivity index (χ1n) is 6.25. The molecule has 110 valence electrons. The van der Waals surface area contributed by atoms with Crippen LogP contribution in [0.3, 0.4) is 0 Å². The number of ether oxygens (including phenoxy) is 2. The first-order chi connectivity index (χ1) is 8.48. The molecule has 6 nitrogen and oxygen atoms in total. The number of hydrogen-bond donors (Lipinski definition) is 0. The standard InChI is InChI=1S/C13H22O6/c1-12(2,3)16-9(14)7-8(11-18-19-11)10(15)17-13(4,5)6/h8,11H,7H2,1-6H3. The van der Waals surface area contributed by atoms with Crippen molar-refractivity contribution in [3.63, 3.8) is 0 Å². The molecule has 1 unspecified atom stereocenters. The molecule has 0 amide bonds. The summed E-state index contributed by atoms with van der Waals surface area (Å²) < 4.78 is 10.4. The van der Waals surface area contributed by atoms with Crippen molar-refractivity contribution in [3.8, 4) is 0 Å². The van der Waals surface area contributed by atoms with Gasteiger partial charge in [-0.1, -0.05) is 0 Å². The fourth-order valence-corrected chi connectivity index (χ4v) is 1.40. The van der Waals surface area contributed by atoms with Crippen molar-refractivity contribution in [2.45, 2.75) is 65.5 Å². The van der Waals surface area contributed by atoms with E-state index < -0.39 is 35.3 Å². The molecular weight excluding hydrogens is 252 g/mol. The summed E-state index contributed by atoms with van der Waals surface area (Å²) in [4.78, 5) is 32.9. The highest BCUT2D eigenvalue weighted by molar-refractivity contribution is 5.80. The third-order valence-corrected chi connectivity index (χ3v) is 2.05. The first-order valence-corrected chi connectivity index (χ1v) is 6.25. The Morgan fingerprint density at radius 2 is 1.47 bits per heavy atom. The summed E-state index contributed by atoms with van der Waals surface area (Å²) in [5, 5.41) is 0. The molecular formula is C13H22O6. The van der Waals surface area contributed by atoms with Gasteiger partial charge in [0.25, 0.3) is 0 Å². The molecule has 0 aromatic carbocycles. The average Bonchev–Trinajstić information content (AvgIpc) is 2.90. The molecule has 0 aromatic heterocycles. The Kier molecular flexibility index (Phi) is 4.58. The summed E-state index contributed by atoms with van der Waals surface area (Å²) in [5.41, 5.74) is -1.22. The zero-order valence-electron chi connectivity index (χ0n) is 12.3. The van der Waals surface area contributed by atoms with E-state index in [1.54, 1.807) is 41.5 Å². The lowest BCUT2D eigenvalue weighted by Crippen LogP contribution is -2.34. The van der Waals surface area contributed by atoms with E-state index in [1.807, 2.05) is 0 Å². The van der Waals surface area contributed by atoms with Crippen LogP contribution >= 0.6 is 0 Å². The molecule has 1 aliphatic heterocycles. The molecule has 0 aliphatic carbocycles. The minimum atomic E-state index is -0.797. The molecule has 1 aliphatic rings. The molecule has 1 rings (SSSR count). The quantitative estimate of drug-likeness (QED) is 0.443. The van der Waals surface area contributed by atoms with Crippen LogP contribution in [-0.4, -0.2) is 29.4 Å². The van der Waals surface area contributed by atoms with Crippen molar-refractivity contribution in [2.24, 2.45) is 5.92 Å². The molecule has 0 radical (unpaired) electrons. The summed E-state index contributed by atoms with van der Waals surface area (Å²) in [6, 6.07) is 0. The fourth-order valence-electron chi connectivity index (χ4n) is 1.40. The lowest BCUT2D eigenvalue weighted by atomic mass is 10.0. The number of rotatable bonds is 4. The largest absolute Gasteiger partial charge is 0.460 e. The van der Waals surface area contributed by atoms with Gasteiger partial charge in [0.1, 0.15) is 17.1 Å². The molecule has 0 bridgehead atoms. The Hall–Kier alpha value is -1.14. The van der Waals surface area contributed by atoms with Crippen molar-refractivity contribution in [1.29, 1.82) is 0 Å². The lowest BCUT2D eigenvalue weighted by Gasteiger charge is -2.23. The van der Waals surface area contributed by atoms with Crippen LogP contribution in [0, 0.1) is 5.92 Å². The van der Waals surface area contributed by atoms with Gasteiger partial charge in [-0.05, 0) is 41.5 Å². The van der Waals surface area contributed by atoms with Crippen LogP contribution in [0.15, 0.2) is 0 Å². The van der Waals surface area contributed by atoms with Crippen molar-refractivity contribution in [2.75, 3.05) is 0 Å². The van der Waals surface area contributed by atoms with Crippen LogP contribution in [0.1, 0.15) is 48.0 Å². The van der Waals surface area contributed by atoms with E-state index in [-0.39, 0.29) is 6.42 Å². The molecule has 1 heterocycles. The summed E-state index contributed by atoms with van der Waals surface area (Å²) in [6.45, 7) is 10.5. The molecule has 0 aromatic rings. The molecule has 1 atom stereocenters. The molecule has 19 heavy (non-hydrogen) atoms. The zero-order chi connectivity index (χ0) is 14.8. The Morgan fingerprint density at radius 1 is 1.00 bits per heavy atom. The summed E-state index contributed by atoms with van der Waals surface area (Å²) in [5.74, 6) is -1.81. The predicted molar refractivity (Wildman–Crippen MR) is 65.8 cm³/mol. The van der Waals surface area contributed by atoms with E-state index in [2.05, 4.69) is 9.78 Å². The third kappa shape index (κ3) is 6.54. The van der Waals surface area contributed by atoms with E-state index in [4.69, 9.17) is 9.47 Å². The Bertz CT molecular complexity index is 345. The molecule has 0 N–H and O–H groups in total. The summed E-state index contributed by atoms with van der Waals surface area (Å²) in [6.07, 6.45) is -0.848. The van der Waals surface area contributed by atoms with Crippen LogP contribution in [0.4, 0.5) is 0 Å². The van der Waals surface area contributed by atoms with Crippen molar-refractivity contribution < 1.29 is 28.8 Å².